The third-order valence-corrected chi connectivity index (χ3v) is 7.19. The number of sulfonamides is 1. The molecule has 1 aromatic heterocycles. The van der Waals surface area contributed by atoms with Gasteiger partial charge in [-0.15, -0.1) is 13.2 Å². The first kappa shape index (κ1) is 24.0. The predicted octanol–water partition coefficient (Wildman–Crippen LogP) is 4.30. The van der Waals surface area contributed by atoms with Crippen molar-refractivity contribution < 1.29 is 30.7 Å². The minimum atomic E-state index is -4.91. The smallest absolute Gasteiger partial charge is 0.406 e. The number of ether oxygens (including phenoxy) is 1. The lowest BCUT2D eigenvalue weighted by Crippen LogP contribution is -2.26. The van der Waals surface area contributed by atoms with Gasteiger partial charge in [0.15, 0.2) is 0 Å². The van der Waals surface area contributed by atoms with Crippen LogP contribution < -0.4 is 10.1 Å². The molecule has 0 saturated carbocycles. The number of hydrogen-bond donors (Lipinski definition) is 1. The van der Waals surface area contributed by atoms with Gasteiger partial charge < -0.3 is 10.1 Å². The highest BCUT2D eigenvalue weighted by molar-refractivity contribution is 7.89. The molecule has 0 amide bonds. The summed E-state index contributed by atoms with van der Waals surface area (Å²) in [6.45, 7) is 0.486. The number of pyridine rings is 1. The number of nitrogens with zero attached hydrogens (tertiary/aromatic N) is 2. The Labute approximate surface area is 194 Å². The first-order valence-corrected chi connectivity index (χ1v) is 11.8. The van der Waals surface area contributed by atoms with E-state index in [-0.39, 0.29) is 22.8 Å². The topological polar surface area (TPSA) is 71.5 Å². The van der Waals surface area contributed by atoms with Gasteiger partial charge in [0, 0.05) is 49.2 Å². The number of rotatable bonds is 7. The van der Waals surface area contributed by atoms with Crippen molar-refractivity contribution in [3.05, 3.63) is 89.3 Å². The molecule has 2 heterocycles. The van der Waals surface area contributed by atoms with E-state index >= 15 is 0 Å². The van der Waals surface area contributed by atoms with E-state index in [1.165, 1.54) is 34.9 Å². The zero-order valence-electron chi connectivity index (χ0n) is 18.0. The van der Waals surface area contributed by atoms with E-state index in [0.717, 1.165) is 11.6 Å². The molecule has 0 spiro atoms. The second kappa shape index (κ2) is 9.22. The molecule has 0 bridgehead atoms. The lowest BCUT2D eigenvalue weighted by atomic mass is 9.87. The van der Waals surface area contributed by atoms with Gasteiger partial charge in [0.25, 0.3) is 10.0 Å². The normalized spacial score (nSPS) is 18.2. The molecule has 0 fully saturated rings. The van der Waals surface area contributed by atoms with E-state index in [1.54, 1.807) is 19.3 Å². The quantitative estimate of drug-likeness (QED) is 0.580. The Balaban J connectivity index is 1.62. The standard InChI is InChI=1S/C23H21F4N3O3S/c1-28-12-17-14-30(34(31,32)19-3-2-8-29-13-19)22-10-15(4-7-20(17)22)9-16-5-6-18(11-21(16)24)33-23(25,26)27/h2-6,8,10-11,13-14,20,28H,7,9,12H2,1H3. The zero-order chi connectivity index (χ0) is 24.5. The van der Waals surface area contributed by atoms with E-state index in [1.807, 2.05) is 6.08 Å². The molecule has 4 rings (SSSR count). The Kier molecular flexibility index (Phi) is 6.50. The maximum atomic E-state index is 14.5. The maximum Gasteiger partial charge on any atom is 0.573 e. The molecule has 34 heavy (non-hydrogen) atoms. The molecule has 11 heteroatoms. The Hall–Kier alpha value is -3.18. The summed E-state index contributed by atoms with van der Waals surface area (Å²) in [6.07, 6.45) is 3.60. The highest BCUT2D eigenvalue weighted by atomic mass is 32.2. The summed E-state index contributed by atoms with van der Waals surface area (Å²) in [5.41, 5.74) is 2.24. The van der Waals surface area contributed by atoms with Gasteiger partial charge in [-0.3, -0.25) is 4.98 Å². The Morgan fingerprint density at radius 3 is 2.71 bits per heavy atom. The molecule has 180 valence electrons. The Morgan fingerprint density at radius 1 is 1.26 bits per heavy atom. The fourth-order valence-corrected chi connectivity index (χ4v) is 5.42. The van der Waals surface area contributed by atoms with Gasteiger partial charge in [-0.25, -0.2) is 17.1 Å². The van der Waals surface area contributed by atoms with Crippen LogP contribution >= 0.6 is 0 Å². The van der Waals surface area contributed by atoms with Crippen molar-refractivity contribution in [2.24, 2.45) is 5.92 Å². The molecule has 1 N–H and O–H groups in total. The molecule has 1 unspecified atom stereocenters. The summed E-state index contributed by atoms with van der Waals surface area (Å²) in [5.74, 6) is -1.66. The third-order valence-electron chi connectivity index (χ3n) is 5.52. The highest BCUT2D eigenvalue weighted by Crippen LogP contribution is 2.41. The molecule has 1 aliphatic heterocycles. The first-order valence-electron chi connectivity index (χ1n) is 10.3. The number of likely N-dealkylation sites (N-methyl/N-ethyl adjacent to an activating group) is 1. The van der Waals surface area contributed by atoms with Crippen molar-refractivity contribution in [2.45, 2.75) is 24.1 Å². The fraction of sp³-hybridized carbons (Fsp3) is 0.261. The number of aromatic nitrogens is 1. The second-order valence-corrected chi connectivity index (χ2v) is 9.65. The molecule has 2 aromatic rings. The van der Waals surface area contributed by atoms with E-state index in [2.05, 4.69) is 15.0 Å². The van der Waals surface area contributed by atoms with Crippen molar-refractivity contribution in [3.63, 3.8) is 0 Å². The second-order valence-electron chi connectivity index (χ2n) is 7.84. The molecule has 1 atom stereocenters. The molecule has 2 aliphatic rings. The van der Waals surface area contributed by atoms with Gasteiger partial charge in [0.2, 0.25) is 0 Å². The van der Waals surface area contributed by atoms with Gasteiger partial charge in [-0.05, 0) is 54.5 Å². The van der Waals surface area contributed by atoms with Crippen LogP contribution in [0.4, 0.5) is 17.6 Å². The summed E-state index contributed by atoms with van der Waals surface area (Å²) in [5, 5.41) is 3.04. The van der Waals surface area contributed by atoms with Crippen LogP contribution in [-0.2, 0) is 16.4 Å². The van der Waals surface area contributed by atoms with Crippen LogP contribution in [0, 0.1) is 11.7 Å². The molecular formula is C23H21F4N3O3S. The van der Waals surface area contributed by atoms with Gasteiger partial charge >= 0.3 is 6.36 Å². The van der Waals surface area contributed by atoms with Crippen LogP contribution in [0.1, 0.15) is 12.0 Å². The number of hydrogen-bond acceptors (Lipinski definition) is 5. The average molecular weight is 495 g/mol. The van der Waals surface area contributed by atoms with Crippen molar-refractivity contribution >= 4 is 10.0 Å². The van der Waals surface area contributed by atoms with Crippen LogP contribution in [-0.4, -0.2) is 37.7 Å². The van der Waals surface area contributed by atoms with Gasteiger partial charge in [-0.2, -0.15) is 0 Å². The summed E-state index contributed by atoms with van der Waals surface area (Å²) < 4.78 is 83.2. The van der Waals surface area contributed by atoms with Gasteiger partial charge in [-0.1, -0.05) is 12.1 Å². The van der Waals surface area contributed by atoms with Crippen LogP contribution in [0.2, 0.25) is 0 Å². The monoisotopic (exact) mass is 495 g/mol. The first-order chi connectivity index (χ1) is 16.1. The summed E-state index contributed by atoms with van der Waals surface area (Å²) in [4.78, 5) is 3.94. The van der Waals surface area contributed by atoms with Crippen LogP contribution in [0.15, 0.2) is 82.8 Å². The number of benzene rings is 1. The number of alkyl halides is 3. The number of halogens is 4. The van der Waals surface area contributed by atoms with E-state index in [4.69, 9.17) is 0 Å². The summed E-state index contributed by atoms with van der Waals surface area (Å²) >= 11 is 0. The SMILES string of the molecule is CNCC1=CN(S(=O)(=O)c2cccnc2)C2=CC(Cc3ccc(OC(F)(F)F)cc3F)=CCC12. The maximum absolute atomic E-state index is 14.5. The van der Waals surface area contributed by atoms with Crippen LogP contribution in [0.3, 0.4) is 0 Å². The van der Waals surface area contributed by atoms with Gasteiger partial charge in [0.05, 0.1) is 0 Å². The number of fused-ring (bicyclic) bond motifs is 1. The van der Waals surface area contributed by atoms with E-state index in [9.17, 15) is 26.0 Å². The molecule has 1 aromatic carbocycles. The van der Waals surface area contributed by atoms with E-state index < -0.39 is 28.0 Å². The number of nitrogens with one attached hydrogen (secondary N) is 1. The third kappa shape index (κ3) is 5.00. The molecule has 6 nitrogen and oxygen atoms in total. The highest BCUT2D eigenvalue weighted by Gasteiger charge is 2.38. The molecule has 0 radical (unpaired) electrons. The van der Waals surface area contributed by atoms with Crippen molar-refractivity contribution in [3.8, 4) is 5.75 Å². The van der Waals surface area contributed by atoms with Gasteiger partial charge in [0.1, 0.15) is 16.5 Å². The molecule has 1 aliphatic carbocycles. The van der Waals surface area contributed by atoms with Crippen LogP contribution in [0.25, 0.3) is 0 Å². The van der Waals surface area contributed by atoms with Crippen LogP contribution in [0.5, 0.6) is 5.75 Å². The zero-order valence-corrected chi connectivity index (χ0v) is 18.8. The summed E-state index contributed by atoms with van der Waals surface area (Å²) in [7, 11) is -2.15. The minimum absolute atomic E-state index is 0.0407. The predicted molar refractivity (Wildman–Crippen MR) is 116 cm³/mol. The average Bonchev–Trinajstić information content (AvgIpc) is 3.14. The number of allylic oxidation sites excluding steroid dienone is 4. The van der Waals surface area contributed by atoms with Crippen molar-refractivity contribution in [1.29, 1.82) is 0 Å². The lowest BCUT2D eigenvalue weighted by Gasteiger charge is -2.25. The summed E-state index contributed by atoms with van der Waals surface area (Å²) in [6, 6.07) is 5.96. The molecule has 0 saturated heterocycles. The Morgan fingerprint density at radius 2 is 2.06 bits per heavy atom. The van der Waals surface area contributed by atoms with E-state index in [0.29, 0.717) is 30.3 Å². The molecular weight excluding hydrogens is 474 g/mol. The Bertz CT molecular complexity index is 1270. The minimum Gasteiger partial charge on any atom is -0.406 e. The fourth-order valence-electron chi connectivity index (χ4n) is 4.02. The van der Waals surface area contributed by atoms with Crippen molar-refractivity contribution in [2.75, 3.05) is 13.6 Å². The van der Waals surface area contributed by atoms with Crippen molar-refractivity contribution in [1.82, 2.24) is 14.6 Å². The largest absolute Gasteiger partial charge is 0.573 e. The lowest BCUT2D eigenvalue weighted by molar-refractivity contribution is -0.274.